The van der Waals surface area contributed by atoms with Crippen LogP contribution >= 0.6 is 0 Å². The fraction of sp³-hybridized carbons (Fsp3) is 0.227. The van der Waals surface area contributed by atoms with Crippen molar-refractivity contribution in [2.45, 2.75) is 44.3 Å². The lowest BCUT2D eigenvalue weighted by molar-refractivity contribution is -0.171. The Morgan fingerprint density at radius 1 is 0.778 bits per heavy atom. The SMILES string of the molecule is CON(C)C(=O)[C@H](Cc1cn(C(c2ccccc2)(c2ccccc2)c2ccccc2)cn1)NC(=O)[C@H](CC(C)C)NC(=O)c1ccc2ccccc2c1O. The van der Waals surface area contributed by atoms with Crippen LogP contribution in [0.4, 0.5) is 0 Å². The average molecular weight is 724 g/mol. The first-order valence-electron chi connectivity index (χ1n) is 18.0. The summed E-state index contributed by atoms with van der Waals surface area (Å²) in [4.78, 5) is 51.4. The number of fused-ring (bicyclic) bond motifs is 1. The first-order valence-corrected chi connectivity index (χ1v) is 18.0. The van der Waals surface area contributed by atoms with Gasteiger partial charge in [0.05, 0.1) is 24.7 Å². The zero-order valence-electron chi connectivity index (χ0n) is 30.8. The molecule has 2 atom stereocenters. The third kappa shape index (κ3) is 7.74. The number of imidazole rings is 1. The van der Waals surface area contributed by atoms with Gasteiger partial charge in [0, 0.05) is 25.1 Å². The van der Waals surface area contributed by atoms with Crippen molar-refractivity contribution in [3.8, 4) is 5.75 Å². The minimum atomic E-state index is -1.09. The van der Waals surface area contributed by atoms with Crippen molar-refractivity contribution in [1.29, 1.82) is 0 Å². The molecule has 54 heavy (non-hydrogen) atoms. The minimum absolute atomic E-state index is 0.0137. The summed E-state index contributed by atoms with van der Waals surface area (Å²) in [6.45, 7) is 3.87. The molecule has 10 nitrogen and oxygen atoms in total. The summed E-state index contributed by atoms with van der Waals surface area (Å²) in [7, 11) is 2.85. The largest absolute Gasteiger partial charge is 0.506 e. The van der Waals surface area contributed by atoms with E-state index in [0.717, 1.165) is 27.1 Å². The molecule has 0 aliphatic carbocycles. The van der Waals surface area contributed by atoms with E-state index in [-0.39, 0.29) is 30.1 Å². The highest BCUT2D eigenvalue weighted by molar-refractivity contribution is 6.05. The summed E-state index contributed by atoms with van der Waals surface area (Å²) in [5, 5.41) is 19.0. The van der Waals surface area contributed by atoms with E-state index in [2.05, 4.69) is 47.0 Å². The molecule has 0 fully saturated rings. The van der Waals surface area contributed by atoms with Crippen molar-refractivity contribution in [2.75, 3.05) is 14.2 Å². The van der Waals surface area contributed by atoms with E-state index in [1.54, 1.807) is 24.5 Å². The lowest BCUT2D eigenvalue weighted by atomic mass is 9.77. The molecule has 5 aromatic carbocycles. The molecule has 6 aromatic rings. The predicted molar refractivity (Wildman–Crippen MR) is 209 cm³/mol. The lowest BCUT2D eigenvalue weighted by Gasteiger charge is -2.37. The maximum Gasteiger partial charge on any atom is 0.268 e. The first kappa shape index (κ1) is 37.5. The van der Waals surface area contributed by atoms with Crippen molar-refractivity contribution < 1.29 is 24.3 Å². The van der Waals surface area contributed by atoms with Gasteiger partial charge in [-0.2, -0.15) is 0 Å². The minimum Gasteiger partial charge on any atom is -0.506 e. The third-order valence-corrected chi connectivity index (χ3v) is 9.68. The molecular formula is C44H45N5O5. The van der Waals surface area contributed by atoms with E-state index in [9.17, 15) is 19.5 Å². The predicted octanol–water partition coefficient (Wildman–Crippen LogP) is 6.47. The van der Waals surface area contributed by atoms with Gasteiger partial charge in [-0.05, 0) is 40.5 Å². The third-order valence-electron chi connectivity index (χ3n) is 9.68. The Bertz CT molecular complexity index is 2110. The standard InChI is InChI=1S/C44H45N5O5/c1-30(2)26-38(46-41(51)37-25-24-31-16-14-15-23-36(31)40(37)50)42(52)47-39(43(53)48(3)54-4)27-35-28-49(29-45-35)44(32-17-8-5-9-18-32,33-19-10-6-11-20-33)34-21-12-7-13-22-34/h5-25,28-30,38-39,50H,26-27H2,1-4H3,(H,46,51)(H,47,52)/t38-,39-/m0/s1. The van der Waals surface area contributed by atoms with Crippen molar-refractivity contribution in [3.63, 3.8) is 0 Å². The van der Waals surface area contributed by atoms with E-state index in [1.165, 1.54) is 20.2 Å². The highest BCUT2D eigenvalue weighted by Gasteiger charge is 2.39. The molecule has 1 heterocycles. The number of nitrogens with one attached hydrogen (secondary N) is 2. The summed E-state index contributed by atoms with van der Waals surface area (Å²) >= 11 is 0. The molecule has 0 unspecified atom stereocenters. The van der Waals surface area contributed by atoms with Crippen LogP contribution in [0.3, 0.4) is 0 Å². The number of carbonyl (C=O) groups excluding carboxylic acids is 3. The van der Waals surface area contributed by atoms with Crippen LogP contribution in [0.15, 0.2) is 140 Å². The second-order valence-electron chi connectivity index (χ2n) is 13.7. The molecule has 276 valence electrons. The Morgan fingerprint density at radius 2 is 1.33 bits per heavy atom. The van der Waals surface area contributed by atoms with E-state index in [0.29, 0.717) is 11.1 Å². The van der Waals surface area contributed by atoms with Gasteiger partial charge >= 0.3 is 0 Å². The first-order chi connectivity index (χ1) is 26.1. The molecule has 0 aliphatic heterocycles. The lowest BCUT2D eigenvalue weighted by Crippen LogP contribution is -2.54. The van der Waals surface area contributed by atoms with Gasteiger partial charge in [-0.25, -0.2) is 10.0 Å². The van der Waals surface area contributed by atoms with Crippen molar-refractivity contribution in [1.82, 2.24) is 25.2 Å². The Kier molecular flexibility index (Phi) is 11.5. The van der Waals surface area contributed by atoms with Gasteiger partial charge in [0.1, 0.15) is 23.4 Å². The molecule has 0 radical (unpaired) electrons. The number of hydrogen-bond acceptors (Lipinski definition) is 6. The van der Waals surface area contributed by atoms with E-state index < -0.39 is 35.3 Å². The smallest absolute Gasteiger partial charge is 0.268 e. The molecule has 0 spiro atoms. The maximum atomic E-state index is 14.1. The molecule has 6 rings (SSSR count). The van der Waals surface area contributed by atoms with Crippen LogP contribution in [0.2, 0.25) is 0 Å². The second-order valence-corrected chi connectivity index (χ2v) is 13.7. The number of carbonyl (C=O) groups is 3. The summed E-state index contributed by atoms with van der Waals surface area (Å²) in [6, 6.07) is 38.9. The zero-order valence-corrected chi connectivity index (χ0v) is 30.8. The summed E-state index contributed by atoms with van der Waals surface area (Å²) < 4.78 is 2.05. The number of hydrogen-bond donors (Lipinski definition) is 3. The quantitative estimate of drug-likeness (QED) is 0.0874. The monoisotopic (exact) mass is 723 g/mol. The van der Waals surface area contributed by atoms with Crippen LogP contribution < -0.4 is 10.6 Å². The highest BCUT2D eigenvalue weighted by Crippen LogP contribution is 2.41. The van der Waals surface area contributed by atoms with Gasteiger partial charge in [-0.15, -0.1) is 0 Å². The molecular weight excluding hydrogens is 679 g/mol. The number of likely N-dealkylation sites (N-methyl/N-ethyl adjacent to an activating group) is 1. The number of aromatic hydroxyl groups is 1. The maximum absolute atomic E-state index is 14.1. The average Bonchev–Trinajstić information content (AvgIpc) is 3.66. The fourth-order valence-electron chi connectivity index (χ4n) is 7.01. The van der Waals surface area contributed by atoms with Crippen molar-refractivity contribution in [2.24, 2.45) is 5.92 Å². The molecule has 1 aromatic heterocycles. The zero-order chi connectivity index (χ0) is 38.2. The van der Waals surface area contributed by atoms with Crippen LogP contribution in [0, 0.1) is 5.92 Å². The molecule has 10 heteroatoms. The Morgan fingerprint density at radius 3 is 1.89 bits per heavy atom. The number of nitrogens with zero attached hydrogens (tertiary/aromatic N) is 3. The van der Waals surface area contributed by atoms with Crippen LogP contribution in [0.25, 0.3) is 10.8 Å². The van der Waals surface area contributed by atoms with Crippen molar-refractivity contribution in [3.05, 3.63) is 168 Å². The van der Waals surface area contributed by atoms with Gasteiger partial charge in [0.15, 0.2) is 0 Å². The Labute approximate surface area is 315 Å². The van der Waals surface area contributed by atoms with Gasteiger partial charge in [0.2, 0.25) is 5.91 Å². The summed E-state index contributed by atoms with van der Waals surface area (Å²) in [5.74, 6) is -1.81. The molecule has 0 saturated heterocycles. The highest BCUT2D eigenvalue weighted by atomic mass is 16.7. The van der Waals surface area contributed by atoms with E-state index >= 15 is 0 Å². The van der Waals surface area contributed by atoms with Crippen molar-refractivity contribution >= 4 is 28.5 Å². The number of amides is 3. The summed E-state index contributed by atoms with van der Waals surface area (Å²) in [5.41, 5.74) is 2.81. The number of rotatable bonds is 14. The molecule has 3 N–H and O–H groups in total. The second kappa shape index (κ2) is 16.6. The van der Waals surface area contributed by atoms with E-state index in [1.807, 2.05) is 91.3 Å². The number of benzene rings is 5. The van der Waals surface area contributed by atoms with Gasteiger partial charge in [0.25, 0.3) is 11.8 Å². The number of phenols is 1. The Balaban J connectivity index is 1.33. The Hall–Kier alpha value is -6.26. The normalized spacial score (nSPS) is 12.6. The van der Waals surface area contributed by atoms with Crippen LogP contribution in [0.5, 0.6) is 5.75 Å². The van der Waals surface area contributed by atoms with Gasteiger partial charge < -0.3 is 20.3 Å². The molecule has 0 aliphatic rings. The fourth-order valence-corrected chi connectivity index (χ4v) is 7.01. The number of phenolic OH excluding ortho intramolecular Hbond substituents is 1. The van der Waals surface area contributed by atoms with Crippen LogP contribution in [0.1, 0.15) is 53.0 Å². The number of aromatic nitrogens is 2. The molecule has 3 amide bonds. The van der Waals surface area contributed by atoms with Crippen LogP contribution in [-0.4, -0.2) is 63.7 Å². The van der Waals surface area contributed by atoms with Gasteiger partial charge in [-0.3, -0.25) is 19.2 Å². The molecule has 0 saturated carbocycles. The summed E-state index contributed by atoms with van der Waals surface area (Å²) in [6.07, 6.45) is 3.98. The number of hydroxylamine groups is 2. The topological polar surface area (TPSA) is 126 Å². The molecule has 0 bridgehead atoms. The van der Waals surface area contributed by atoms with E-state index in [4.69, 9.17) is 9.82 Å². The van der Waals surface area contributed by atoms with Gasteiger partial charge in [-0.1, -0.05) is 135 Å². The van der Waals surface area contributed by atoms with Crippen LogP contribution in [-0.2, 0) is 26.4 Å².